The highest BCUT2D eigenvalue weighted by molar-refractivity contribution is 5.76. The molecule has 2 aliphatic rings. The molecule has 1 atom stereocenters. The third-order valence-electron chi connectivity index (χ3n) is 6.01. The molecule has 27 heavy (non-hydrogen) atoms. The summed E-state index contributed by atoms with van der Waals surface area (Å²) in [5.74, 6) is 1.97. The summed E-state index contributed by atoms with van der Waals surface area (Å²) in [6.07, 6.45) is 2.47. The maximum Gasteiger partial charge on any atom is 0.240 e. The van der Waals surface area contributed by atoms with Gasteiger partial charge in [0.15, 0.2) is 5.82 Å². The van der Waals surface area contributed by atoms with Crippen molar-refractivity contribution in [1.82, 2.24) is 24.8 Å². The quantitative estimate of drug-likeness (QED) is 0.738. The standard InChI is InChI=1S/C19H33N5O3/c1-15(2)18-20-16(27-21-18)13-23-10-9-22(3)19(14-23)6-5-17(25)24(8-7-19)11-12-26-4/h15H,5-14H2,1-4H3. The van der Waals surface area contributed by atoms with Crippen molar-refractivity contribution in [3.8, 4) is 0 Å². The molecule has 0 N–H and O–H groups in total. The molecule has 1 aromatic heterocycles. The number of likely N-dealkylation sites (N-methyl/N-ethyl adjacent to an activating group) is 1. The Hall–Kier alpha value is -1.51. The SMILES string of the molecule is COCCN1CCC2(CCC1=O)CN(Cc1nc(C(C)C)no1)CCN2C. The number of aromatic nitrogens is 2. The summed E-state index contributed by atoms with van der Waals surface area (Å²) in [7, 11) is 3.87. The molecule has 2 saturated heterocycles. The van der Waals surface area contributed by atoms with Gasteiger partial charge in [0.2, 0.25) is 11.8 Å². The fourth-order valence-electron chi connectivity index (χ4n) is 4.11. The average Bonchev–Trinajstić information content (AvgIpc) is 3.05. The number of hydrogen-bond acceptors (Lipinski definition) is 7. The van der Waals surface area contributed by atoms with E-state index < -0.39 is 0 Å². The molecule has 0 aliphatic carbocycles. The summed E-state index contributed by atoms with van der Waals surface area (Å²) < 4.78 is 10.6. The van der Waals surface area contributed by atoms with Crippen LogP contribution in [-0.2, 0) is 16.1 Å². The molecule has 152 valence electrons. The van der Waals surface area contributed by atoms with Crippen LogP contribution in [0.4, 0.5) is 0 Å². The van der Waals surface area contributed by atoms with E-state index in [1.54, 1.807) is 7.11 Å². The molecule has 8 nitrogen and oxygen atoms in total. The summed E-state index contributed by atoms with van der Waals surface area (Å²) in [4.78, 5) is 23.8. The van der Waals surface area contributed by atoms with Crippen LogP contribution in [0, 0.1) is 0 Å². The van der Waals surface area contributed by atoms with Crippen molar-refractivity contribution in [3.05, 3.63) is 11.7 Å². The van der Waals surface area contributed by atoms with Crippen molar-refractivity contribution in [3.63, 3.8) is 0 Å². The van der Waals surface area contributed by atoms with Gasteiger partial charge in [0.1, 0.15) is 0 Å². The van der Waals surface area contributed by atoms with Gasteiger partial charge in [-0.2, -0.15) is 4.98 Å². The molecule has 2 aliphatic heterocycles. The lowest BCUT2D eigenvalue weighted by Gasteiger charge is -2.49. The van der Waals surface area contributed by atoms with Crippen molar-refractivity contribution in [2.75, 3.05) is 53.5 Å². The molecular formula is C19H33N5O3. The minimum atomic E-state index is 0.0244. The summed E-state index contributed by atoms with van der Waals surface area (Å²) in [6, 6.07) is 0. The van der Waals surface area contributed by atoms with Crippen molar-refractivity contribution in [2.24, 2.45) is 0 Å². The zero-order valence-electron chi connectivity index (χ0n) is 17.1. The molecule has 0 bridgehead atoms. The molecule has 3 rings (SSSR count). The Morgan fingerprint density at radius 2 is 2.07 bits per heavy atom. The van der Waals surface area contributed by atoms with E-state index in [1.165, 1.54) is 0 Å². The highest BCUT2D eigenvalue weighted by Gasteiger charge is 2.42. The fraction of sp³-hybridized carbons (Fsp3) is 0.842. The second kappa shape index (κ2) is 8.67. The Labute approximate surface area is 161 Å². The van der Waals surface area contributed by atoms with Gasteiger partial charge in [-0.3, -0.25) is 14.6 Å². The van der Waals surface area contributed by atoms with Gasteiger partial charge in [-0.15, -0.1) is 0 Å². The highest BCUT2D eigenvalue weighted by atomic mass is 16.5. The number of nitrogens with zero attached hydrogens (tertiary/aromatic N) is 5. The van der Waals surface area contributed by atoms with Crippen LogP contribution in [0.3, 0.4) is 0 Å². The summed E-state index contributed by atoms with van der Waals surface area (Å²) >= 11 is 0. The molecule has 0 radical (unpaired) electrons. The van der Waals surface area contributed by atoms with E-state index in [4.69, 9.17) is 9.26 Å². The van der Waals surface area contributed by atoms with Gasteiger partial charge >= 0.3 is 0 Å². The normalized spacial score (nSPS) is 25.5. The molecule has 1 aromatic rings. The summed E-state index contributed by atoms with van der Waals surface area (Å²) in [5.41, 5.74) is 0.0244. The van der Waals surface area contributed by atoms with Crippen LogP contribution in [0.25, 0.3) is 0 Å². The van der Waals surface area contributed by atoms with Crippen LogP contribution in [-0.4, -0.2) is 89.8 Å². The zero-order valence-corrected chi connectivity index (χ0v) is 17.1. The van der Waals surface area contributed by atoms with Gasteiger partial charge in [0.05, 0.1) is 13.2 Å². The van der Waals surface area contributed by atoms with Crippen molar-refractivity contribution in [2.45, 2.75) is 51.1 Å². The van der Waals surface area contributed by atoms with Gasteiger partial charge in [0, 0.05) is 57.7 Å². The van der Waals surface area contributed by atoms with E-state index in [0.717, 1.165) is 44.8 Å². The Balaban J connectivity index is 1.66. The minimum absolute atomic E-state index is 0.0244. The maximum atomic E-state index is 12.5. The number of ether oxygens (including phenoxy) is 1. The van der Waals surface area contributed by atoms with Gasteiger partial charge < -0.3 is 14.2 Å². The Morgan fingerprint density at radius 3 is 2.78 bits per heavy atom. The zero-order chi connectivity index (χ0) is 19.4. The first-order valence-corrected chi connectivity index (χ1v) is 9.96. The van der Waals surface area contributed by atoms with Crippen molar-refractivity contribution >= 4 is 5.91 Å². The average molecular weight is 380 g/mol. The molecular weight excluding hydrogens is 346 g/mol. The number of carbonyl (C=O) groups is 1. The van der Waals surface area contributed by atoms with Crippen LogP contribution >= 0.6 is 0 Å². The predicted molar refractivity (Wildman–Crippen MR) is 101 cm³/mol. The number of rotatable bonds is 6. The molecule has 0 saturated carbocycles. The van der Waals surface area contributed by atoms with E-state index in [9.17, 15) is 4.79 Å². The van der Waals surface area contributed by atoms with E-state index in [1.807, 2.05) is 4.90 Å². The van der Waals surface area contributed by atoms with Crippen LogP contribution in [0.1, 0.15) is 50.7 Å². The van der Waals surface area contributed by atoms with Gasteiger partial charge in [-0.1, -0.05) is 19.0 Å². The number of piperazine rings is 1. The monoisotopic (exact) mass is 379 g/mol. The van der Waals surface area contributed by atoms with Crippen LogP contribution < -0.4 is 0 Å². The lowest BCUT2D eigenvalue weighted by molar-refractivity contribution is -0.131. The molecule has 8 heteroatoms. The van der Waals surface area contributed by atoms with E-state index in [0.29, 0.717) is 32.0 Å². The van der Waals surface area contributed by atoms with Gasteiger partial charge in [-0.05, 0) is 19.9 Å². The number of amides is 1. The molecule has 1 unspecified atom stereocenters. The van der Waals surface area contributed by atoms with Crippen LogP contribution in [0.5, 0.6) is 0 Å². The third-order valence-corrected chi connectivity index (χ3v) is 6.01. The first-order chi connectivity index (χ1) is 12.9. The van der Waals surface area contributed by atoms with Crippen LogP contribution in [0.15, 0.2) is 4.52 Å². The van der Waals surface area contributed by atoms with E-state index >= 15 is 0 Å². The van der Waals surface area contributed by atoms with E-state index in [2.05, 4.69) is 40.8 Å². The smallest absolute Gasteiger partial charge is 0.240 e. The maximum absolute atomic E-state index is 12.5. The predicted octanol–water partition coefficient (Wildman–Crippen LogP) is 1.34. The third kappa shape index (κ3) is 4.67. The molecule has 0 aromatic carbocycles. The molecule has 1 amide bonds. The van der Waals surface area contributed by atoms with E-state index in [-0.39, 0.29) is 17.4 Å². The molecule has 2 fully saturated rings. The summed E-state index contributed by atoms with van der Waals surface area (Å²) in [6.45, 7) is 9.75. The Morgan fingerprint density at radius 1 is 1.26 bits per heavy atom. The Kier molecular flexibility index (Phi) is 6.49. The number of methoxy groups -OCH3 is 1. The first kappa shape index (κ1) is 20.2. The van der Waals surface area contributed by atoms with Gasteiger partial charge in [-0.25, -0.2) is 0 Å². The van der Waals surface area contributed by atoms with Crippen LogP contribution in [0.2, 0.25) is 0 Å². The number of carbonyl (C=O) groups excluding carboxylic acids is 1. The first-order valence-electron chi connectivity index (χ1n) is 9.96. The van der Waals surface area contributed by atoms with Gasteiger partial charge in [0.25, 0.3) is 0 Å². The fourth-order valence-corrected chi connectivity index (χ4v) is 4.11. The second-order valence-corrected chi connectivity index (χ2v) is 8.18. The van der Waals surface area contributed by atoms with Crippen molar-refractivity contribution in [1.29, 1.82) is 0 Å². The van der Waals surface area contributed by atoms with Crippen molar-refractivity contribution < 1.29 is 14.1 Å². The lowest BCUT2D eigenvalue weighted by atomic mass is 9.86. The lowest BCUT2D eigenvalue weighted by Crippen LogP contribution is -2.60. The molecule has 3 heterocycles. The Bertz CT molecular complexity index is 635. The minimum Gasteiger partial charge on any atom is -0.383 e. The molecule has 1 spiro atoms. The highest BCUT2D eigenvalue weighted by Crippen LogP contribution is 2.32. The number of likely N-dealkylation sites (tertiary alicyclic amines) is 1. The topological polar surface area (TPSA) is 74.9 Å². The largest absolute Gasteiger partial charge is 0.383 e. The number of hydrogen-bond donors (Lipinski definition) is 0. The summed E-state index contributed by atoms with van der Waals surface area (Å²) in [5, 5.41) is 4.08. The second-order valence-electron chi connectivity index (χ2n) is 8.18.